The van der Waals surface area contributed by atoms with Crippen LogP contribution in [0.4, 0.5) is 0 Å². The molecule has 0 bridgehead atoms. The second-order valence-electron chi connectivity index (χ2n) is 5.84. The fourth-order valence-corrected chi connectivity index (χ4v) is 4.01. The second-order valence-corrected chi connectivity index (χ2v) is 6.87. The highest BCUT2D eigenvalue weighted by atomic mass is 32.1. The summed E-state index contributed by atoms with van der Waals surface area (Å²) in [6.45, 7) is 0. The first-order chi connectivity index (χ1) is 12.3. The van der Waals surface area contributed by atoms with Crippen LogP contribution in [0.25, 0.3) is 10.4 Å². The van der Waals surface area contributed by atoms with Gasteiger partial charge in [-0.15, -0.1) is 11.3 Å². The van der Waals surface area contributed by atoms with Crippen LogP contribution in [0.1, 0.15) is 16.1 Å². The molecule has 0 aliphatic carbocycles. The molecular formula is C22H17NOS. The quantitative estimate of drug-likeness (QED) is 0.559. The minimum Gasteiger partial charge on any atom is -0.374 e. The molecular weight excluding hydrogens is 326 g/mol. The van der Waals surface area contributed by atoms with E-state index in [1.165, 1.54) is 11.3 Å². The van der Waals surface area contributed by atoms with Gasteiger partial charge in [-0.25, -0.2) is 4.98 Å². The fourth-order valence-electron chi connectivity index (χ4n) is 2.95. The average Bonchev–Trinajstić information content (AvgIpc) is 3.20. The van der Waals surface area contributed by atoms with Gasteiger partial charge in [-0.2, -0.15) is 0 Å². The van der Waals surface area contributed by atoms with Crippen LogP contribution in [0.2, 0.25) is 0 Å². The van der Waals surface area contributed by atoms with Crippen molar-refractivity contribution in [2.24, 2.45) is 0 Å². The van der Waals surface area contributed by atoms with E-state index in [0.717, 1.165) is 21.6 Å². The number of hydrogen-bond acceptors (Lipinski definition) is 3. The van der Waals surface area contributed by atoms with Crippen molar-refractivity contribution in [2.75, 3.05) is 0 Å². The third-order valence-electron chi connectivity index (χ3n) is 4.26. The van der Waals surface area contributed by atoms with Crippen LogP contribution in [0.5, 0.6) is 0 Å². The Kier molecular flexibility index (Phi) is 4.18. The molecule has 0 aliphatic heterocycles. The van der Waals surface area contributed by atoms with Gasteiger partial charge in [0.15, 0.2) is 5.60 Å². The molecule has 1 heterocycles. The maximum absolute atomic E-state index is 11.7. The molecule has 4 rings (SSSR count). The molecule has 0 amide bonds. The third kappa shape index (κ3) is 2.88. The van der Waals surface area contributed by atoms with E-state index in [1.807, 2.05) is 85.1 Å². The molecule has 3 heteroatoms. The molecule has 1 N–H and O–H groups in total. The largest absolute Gasteiger partial charge is 0.374 e. The predicted octanol–water partition coefficient (Wildman–Crippen LogP) is 5.09. The van der Waals surface area contributed by atoms with E-state index in [9.17, 15) is 5.11 Å². The molecule has 3 aromatic carbocycles. The normalized spacial score (nSPS) is 11.4. The van der Waals surface area contributed by atoms with Gasteiger partial charge in [-0.1, -0.05) is 91.0 Å². The molecule has 122 valence electrons. The molecule has 0 spiro atoms. The average molecular weight is 343 g/mol. The first-order valence-electron chi connectivity index (χ1n) is 8.13. The number of hydrogen-bond donors (Lipinski definition) is 1. The Hall–Kier alpha value is -2.75. The molecule has 0 atom stereocenters. The molecule has 0 saturated heterocycles. The molecule has 4 aromatic rings. The van der Waals surface area contributed by atoms with Crippen LogP contribution in [0.15, 0.2) is 97.2 Å². The summed E-state index contributed by atoms with van der Waals surface area (Å²) in [6, 6.07) is 29.6. The Morgan fingerprint density at radius 3 is 1.68 bits per heavy atom. The zero-order valence-corrected chi connectivity index (χ0v) is 14.4. The van der Waals surface area contributed by atoms with Gasteiger partial charge in [-0.05, 0) is 16.7 Å². The topological polar surface area (TPSA) is 33.1 Å². The molecule has 0 saturated carbocycles. The molecule has 0 radical (unpaired) electrons. The first-order valence-corrected chi connectivity index (χ1v) is 8.95. The summed E-state index contributed by atoms with van der Waals surface area (Å²) in [6.07, 6.45) is 1.84. The summed E-state index contributed by atoms with van der Waals surface area (Å²) in [5.41, 5.74) is 1.47. The minimum absolute atomic E-state index is 0.670. The van der Waals surface area contributed by atoms with Crippen molar-refractivity contribution >= 4 is 11.3 Å². The van der Waals surface area contributed by atoms with E-state index in [2.05, 4.69) is 17.1 Å². The highest BCUT2D eigenvalue weighted by Crippen LogP contribution is 2.40. The van der Waals surface area contributed by atoms with Crippen molar-refractivity contribution in [3.63, 3.8) is 0 Å². The lowest BCUT2D eigenvalue weighted by Gasteiger charge is -2.27. The van der Waals surface area contributed by atoms with Gasteiger partial charge in [0.2, 0.25) is 0 Å². The van der Waals surface area contributed by atoms with Gasteiger partial charge in [-0.3, -0.25) is 0 Å². The molecule has 25 heavy (non-hydrogen) atoms. The van der Waals surface area contributed by atoms with Crippen LogP contribution >= 0.6 is 11.3 Å². The van der Waals surface area contributed by atoms with E-state index >= 15 is 0 Å². The SMILES string of the molecule is OC(c1ccccc1)(c1ccccc1)c1ncc(-c2ccccc2)s1. The Bertz CT molecular complexity index is 910. The van der Waals surface area contributed by atoms with Crippen molar-refractivity contribution in [1.29, 1.82) is 0 Å². The number of benzene rings is 3. The zero-order chi connectivity index (χ0) is 17.1. The van der Waals surface area contributed by atoms with Crippen molar-refractivity contribution in [3.8, 4) is 10.4 Å². The number of aliphatic hydroxyl groups is 1. The summed E-state index contributed by atoms with van der Waals surface area (Å²) in [5, 5.41) is 12.4. The molecule has 0 unspecified atom stereocenters. The van der Waals surface area contributed by atoms with Crippen LogP contribution in [0.3, 0.4) is 0 Å². The van der Waals surface area contributed by atoms with Gasteiger partial charge in [0, 0.05) is 6.20 Å². The van der Waals surface area contributed by atoms with E-state index in [0.29, 0.717) is 5.01 Å². The van der Waals surface area contributed by atoms with Crippen LogP contribution in [0, 0.1) is 0 Å². The van der Waals surface area contributed by atoms with E-state index in [-0.39, 0.29) is 0 Å². The number of aromatic nitrogens is 1. The van der Waals surface area contributed by atoms with Gasteiger partial charge in [0.1, 0.15) is 5.01 Å². The lowest BCUT2D eigenvalue weighted by molar-refractivity contribution is 0.125. The third-order valence-corrected chi connectivity index (χ3v) is 5.41. The smallest absolute Gasteiger partial charge is 0.166 e. The Morgan fingerprint density at radius 1 is 0.680 bits per heavy atom. The Labute approximate surface area is 151 Å². The lowest BCUT2D eigenvalue weighted by atomic mass is 9.87. The van der Waals surface area contributed by atoms with Crippen LogP contribution in [-0.4, -0.2) is 10.1 Å². The van der Waals surface area contributed by atoms with Crippen molar-refractivity contribution < 1.29 is 5.11 Å². The standard InChI is InChI=1S/C22H17NOS/c24-22(18-12-6-2-7-13-18,19-14-8-3-9-15-19)21-23-16-20(25-21)17-10-4-1-5-11-17/h1-16,24H. The van der Waals surface area contributed by atoms with Crippen molar-refractivity contribution in [2.45, 2.75) is 5.60 Å². The first kappa shape index (κ1) is 15.8. The minimum atomic E-state index is -1.26. The lowest BCUT2D eigenvalue weighted by Crippen LogP contribution is -2.28. The zero-order valence-electron chi connectivity index (χ0n) is 13.5. The van der Waals surface area contributed by atoms with E-state index in [1.54, 1.807) is 0 Å². The van der Waals surface area contributed by atoms with E-state index < -0.39 is 5.60 Å². The van der Waals surface area contributed by atoms with Gasteiger partial charge in [0.25, 0.3) is 0 Å². The number of thiazole rings is 1. The summed E-state index contributed by atoms with van der Waals surface area (Å²) in [4.78, 5) is 5.63. The van der Waals surface area contributed by atoms with Crippen molar-refractivity contribution in [1.82, 2.24) is 4.98 Å². The molecule has 0 fully saturated rings. The molecule has 1 aromatic heterocycles. The van der Waals surface area contributed by atoms with Gasteiger partial charge in [0.05, 0.1) is 4.88 Å². The van der Waals surface area contributed by atoms with Crippen LogP contribution in [-0.2, 0) is 5.60 Å². The summed E-state index contributed by atoms with van der Waals surface area (Å²) >= 11 is 1.52. The maximum Gasteiger partial charge on any atom is 0.166 e. The number of nitrogens with zero attached hydrogens (tertiary/aromatic N) is 1. The van der Waals surface area contributed by atoms with Gasteiger partial charge < -0.3 is 5.11 Å². The number of rotatable bonds is 4. The highest BCUT2D eigenvalue weighted by molar-refractivity contribution is 7.15. The summed E-state index contributed by atoms with van der Waals surface area (Å²) in [7, 11) is 0. The van der Waals surface area contributed by atoms with Crippen molar-refractivity contribution in [3.05, 3.63) is 113 Å². The highest BCUT2D eigenvalue weighted by Gasteiger charge is 2.36. The predicted molar refractivity (Wildman–Crippen MR) is 103 cm³/mol. The second kappa shape index (κ2) is 6.63. The van der Waals surface area contributed by atoms with Gasteiger partial charge >= 0.3 is 0 Å². The van der Waals surface area contributed by atoms with Crippen LogP contribution < -0.4 is 0 Å². The summed E-state index contributed by atoms with van der Waals surface area (Å²) in [5.74, 6) is 0. The Balaban J connectivity index is 1.87. The molecule has 2 nitrogen and oxygen atoms in total. The van der Waals surface area contributed by atoms with E-state index in [4.69, 9.17) is 0 Å². The monoisotopic (exact) mass is 343 g/mol. The maximum atomic E-state index is 11.7. The molecule has 0 aliphatic rings. The summed E-state index contributed by atoms with van der Waals surface area (Å²) < 4.78 is 0. The fraction of sp³-hybridized carbons (Fsp3) is 0.0455. The Morgan fingerprint density at radius 2 is 1.16 bits per heavy atom.